The average molecular weight is 262 g/mol. The lowest BCUT2D eigenvalue weighted by Crippen LogP contribution is -2.06. The number of carboxylic acids is 1. The third-order valence-corrected chi connectivity index (χ3v) is 3.07. The van der Waals surface area contributed by atoms with Crippen LogP contribution in [-0.2, 0) is 4.79 Å². The molecule has 18 heavy (non-hydrogen) atoms. The Morgan fingerprint density at radius 2 is 2.06 bits per heavy atom. The molecule has 0 aliphatic heterocycles. The highest BCUT2D eigenvalue weighted by Crippen LogP contribution is 2.30. The van der Waals surface area contributed by atoms with Gasteiger partial charge in [-0.25, -0.2) is 9.78 Å². The number of aromatic nitrogens is 1. The number of amides is 1. The number of anilines is 1. The number of aromatic carboxylic acids is 1. The SMILES string of the molecule is CC(=O)Nc1ccccc1-c1nc(C(=O)O)cs1. The Bertz CT molecular complexity index is 607. The lowest BCUT2D eigenvalue weighted by molar-refractivity contribution is -0.114. The van der Waals surface area contributed by atoms with Gasteiger partial charge in [-0.3, -0.25) is 4.79 Å². The fourth-order valence-corrected chi connectivity index (χ4v) is 2.30. The van der Waals surface area contributed by atoms with E-state index in [9.17, 15) is 9.59 Å². The van der Waals surface area contributed by atoms with E-state index in [0.29, 0.717) is 16.3 Å². The van der Waals surface area contributed by atoms with Crippen molar-refractivity contribution >= 4 is 28.9 Å². The van der Waals surface area contributed by atoms with Gasteiger partial charge in [-0.2, -0.15) is 0 Å². The molecule has 1 aromatic heterocycles. The average Bonchev–Trinajstić information content (AvgIpc) is 2.78. The Hall–Kier alpha value is -2.21. The molecule has 0 aliphatic carbocycles. The van der Waals surface area contributed by atoms with E-state index in [1.54, 1.807) is 18.2 Å². The third-order valence-electron chi connectivity index (χ3n) is 2.19. The molecule has 92 valence electrons. The Balaban J connectivity index is 2.42. The van der Waals surface area contributed by atoms with Gasteiger partial charge >= 0.3 is 5.97 Å². The molecule has 2 aromatic rings. The highest BCUT2D eigenvalue weighted by molar-refractivity contribution is 7.13. The van der Waals surface area contributed by atoms with Crippen LogP contribution in [-0.4, -0.2) is 22.0 Å². The van der Waals surface area contributed by atoms with E-state index in [2.05, 4.69) is 10.3 Å². The summed E-state index contributed by atoms with van der Waals surface area (Å²) < 4.78 is 0. The zero-order valence-electron chi connectivity index (χ0n) is 9.51. The summed E-state index contributed by atoms with van der Waals surface area (Å²) in [5.74, 6) is -1.24. The van der Waals surface area contributed by atoms with E-state index in [0.717, 1.165) is 0 Å². The van der Waals surface area contributed by atoms with Crippen LogP contribution in [0.15, 0.2) is 29.6 Å². The number of hydrogen-bond acceptors (Lipinski definition) is 4. The van der Waals surface area contributed by atoms with Crippen LogP contribution < -0.4 is 5.32 Å². The van der Waals surface area contributed by atoms with Gasteiger partial charge in [0.1, 0.15) is 5.01 Å². The lowest BCUT2D eigenvalue weighted by atomic mass is 10.2. The van der Waals surface area contributed by atoms with Crippen molar-refractivity contribution in [2.45, 2.75) is 6.92 Å². The number of rotatable bonds is 3. The minimum atomic E-state index is -1.06. The first-order valence-electron chi connectivity index (χ1n) is 5.13. The predicted octanol–water partition coefficient (Wildman–Crippen LogP) is 2.47. The number of carbonyl (C=O) groups excluding carboxylic acids is 1. The minimum Gasteiger partial charge on any atom is -0.476 e. The van der Waals surface area contributed by atoms with E-state index in [-0.39, 0.29) is 11.6 Å². The summed E-state index contributed by atoms with van der Waals surface area (Å²) >= 11 is 1.23. The maximum atomic E-state index is 11.1. The molecule has 0 radical (unpaired) electrons. The Morgan fingerprint density at radius 1 is 1.33 bits per heavy atom. The summed E-state index contributed by atoms with van der Waals surface area (Å²) in [7, 11) is 0. The second-order valence-corrected chi connectivity index (χ2v) is 4.43. The number of carboxylic acid groups (broad SMARTS) is 1. The highest BCUT2D eigenvalue weighted by Gasteiger charge is 2.13. The first-order chi connectivity index (χ1) is 8.58. The third kappa shape index (κ3) is 2.54. The molecule has 0 atom stereocenters. The first kappa shape index (κ1) is 12.3. The lowest BCUT2D eigenvalue weighted by Gasteiger charge is -2.06. The summed E-state index contributed by atoms with van der Waals surface area (Å²) in [4.78, 5) is 25.9. The zero-order valence-corrected chi connectivity index (χ0v) is 10.3. The number of carbonyl (C=O) groups is 2. The molecule has 2 N–H and O–H groups in total. The second kappa shape index (κ2) is 4.97. The summed E-state index contributed by atoms with van der Waals surface area (Å²) in [5, 5.41) is 13.6. The molecule has 0 unspecified atom stereocenters. The fourth-order valence-electron chi connectivity index (χ4n) is 1.46. The summed E-state index contributed by atoms with van der Waals surface area (Å²) in [5.41, 5.74) is 1.34. The molecule has 1 heterocycles. The highest BCUT2D eigenvalue weighted by atomic mass is 32.1. The summed E-state index contributed by atoms with van der Waals surface area (Å²) in [6, 6.07) is 7.14. The van der Waals surface area contributed by atoms with Gasteiger partial charge in [0.25, 0.3) is 0 Å². The van der Waals surface area contributed by atoms with Crippen molar-refractivity contribution in [1.82, 2.24) is 4.98 Å². The van der Waals surface area contributed by atoms with E-state index in [1.807, 2.05) is 6.07 Å². The van der Waals surface area contributed by atoms with Gasteiger partial charge in [-0.1, -0.05) is 12.1 Å². The van der Waals surface area contributed by atoms with Gasteiger partial charge < -0.3 is 10.4 Å². The number of thiazole rings is 1. The van der Waals surface area contributed by atoms with Crippen molar-refractivity contribution in [2.24, 2.45) is 0 Å². The largest absolute Gasteiger partial charge is 0.476 e. The molecule has 6 heteroatoms. The van der Waals surface area contributed by atoms with Crippen molar-refractivity contribution in [1.29, 1.82) is 0 Å². The topological polar surface area (TPSA) is 79.3 Å². The van der Waals surface area contributed by atoms with Crippen molar-refractivity contribution in [3.05, 3.63) is 35.3 Å². The maximum absolute atomic E-state index is 11.1. The molecule has 0 aliphatic rings. The maximum Gasteiger partial charge on any atom is 0.355 e. The van der Waals surface area contributed by atoms with Gasteiger partial charge in [-0.15, -0.1) is 11.3 Å². The first-order valence-corrected chi connectivity index (χ1v) is 6.01. The van der Waals surface area contributed by atoms with E-state index in [4.69, 9.17) is 5.11 Å². The van der Waals surface area contributed by atoms with E-state index in [1.165, 1.54) is 23.6 Å². The van der Waals surface area contributed by atoms with Crippen LogP contribution >= 0.6 is 11.3 Å². The quantitative estimate of drug-likeness (QED) is 0.890. The predicted molar refractivity (Wildman–Crippen MR) is 68.8 cm³/mol. The molecular weight excluding hydrogens is 252 g/mol. The van der Waals surface area contributed by atoms with Crippen LogP contribution in [0.1, 0.15) is 17.4 Å². The van der Waals surface area contributed by atoms with E-state index < -0.39 is 5.97 Å². The molecular formula is C12H10N2O3S. The van der Waals surface area contributed by atoms with Crippen molar-refractivity contribution in [2.75, 3.05) is 5.32 Å². The number of nitrogens with zero attached hydrogens (tertiary/aromatic N) is 1. The van der Waals surface area contributed by atoms with Crippen LogP contribution in [0.3, 0.4) is 0 Å². The van der Waals surface area contributed by atoms with E-state index >= 15 is 0 Å². The van der Waals surface area contributed by atoms with Crippen LogP contribution in [0.4, 0.5) is 5.69 Å². The van der Waals surface area contributed by atoms with Crippen LogP contribution in [0.5, 0.6) is 0 Å². The van der Waals surface area contributed by atoms with Gasteiger partial charge in [0.2, 0.25) is 5.91 Å². The Morgan fingerprint density at radius 3 is 2.67 bits per heavy atom. The summed E-state index contributed by atoms with van der Waals surface area (Å²) in [6.45, 7) is 1.42. The molecule has 0 saturated carbocycles. The Kier molecular flexibility index (Phi) is 3.38. The number of para-hydroxylation sites is 1. The van der Waals surface area contributed by atoms with Gasteiger partial charge in [0.15, 0.2) is 5.69 Å². The van der Waals surface area contributed by atoms with Gasteiger partial charge in [-0.05, 0) is 12.1 Å². The van der Waals surface area contributed by atoms with Crippen LogP contribution in [0, 0.1) is 0 Å². The molecule has 0 saturated heterocycles. The zero-order chi connectivity index (χ0) is 13.1. The molecule has 1 aromatic carbocycles. The standard InChI is InChI=1S/C12H10N2O3S/c1-7(15)13-9-5-3-2-4-8(9)11-14-10(6-18-11)12(16)17/h2-6H,1H3,(H,13,15)(H,16,17). The second-order valence-electron chi connectivity index (χ2n) is 3.57. The monoisotopic (exact) mass is 262 g/mol. The van der Waals surface area contributed by atoms with Crippen molar-refractivity contribution < 1.29 is 14.7 Å². The molecule has 1 amide bonds. The number of nitrogens with one attached hydrogen (secondary N) is 1. The molecule has 0 bridgehead atoms. The van der Waals surface area contributed by atoms with Crippen molar-refractivity contribution in [3.63, 3.8) is 0 Å². The van der Waals surface area contributed by atoms with Crippen LogP contribution in [0.2, 0.25) is 0 Å². The van der Waals surface area contributed by atoms with Crippen LogP contribution in [0.25, 0.3) is 10.6 Å². The van der Waals surface area contributed by atoms with Crippen molar-refractivity contribution in [3.8, 4) is 10.6 Å². The van der Waals surface area contributed by atoms with Gasteiger partial charge in [0, 0.05) is 17.9 Å². The normalized spacial score (nSPS) is 10.1. The van der Waals surface area contributed by atoms with Gasteiger partial charge in [0.05, 0.1) is 5.69 Å². The smallest absolute Gasteiger partial charge is 0.355 e. The minimum absolute atomic E-state index is 0.00706. The number of benzene rings is 1. The molecule has 5 nitrogen and oxygen atoms in total. The fraction of sp³-hybridized carbons (Fsp3) is 0.0833. The molecule has 0 fully saturated rings. The Labute approximate surface area is 107 Å². The summed E-state index contributed by atoms with van der Waals surface area (Å²) in [6.07, 6.45) is 0. The molecule has 0 spiro atoms. The number of hydrogen-bond donors (Lipinski definition) is 2. The molecule has 2 rings (SSSR count).